The third kappa shape index (κ3) is 4.41. The van der Waals surface area contributed by atoms with Crippen molar-refractivity contribution in [2.75, 3.05) is 33.4 Å². The molecule has 0 aliphatic carbocycles. The number of urea groups is 1. The van der Waals surface area contributed by atoms with Crippen molar-refractivity contribution in [3.05, 3.63) is 65.1 Å². The SMILES string of the molecule is COc1ccc2c3c([nH]c2c1)[C@H](CO)N(C(=O)c1ccc(F)cc1)CC31CCN(C(=O)NC(C)C)CC1. The second-order valence-electron chi connectivity index (χ2n) is 10.3. The molecule has 0 bridgehead atoms. The summed E-state index contributed by atoms with van der Waals surface area (Å²) in [7, 11) is 1.61. The Bertz CT molecular complexity index is 1310. The number of methoxy groups -OCH3 is 1. The minimum Gasteiger partial charge on any atom is -0.497 e. The van der Waals surface area contributed by atoms with E-state index in [2.05, 4.69) is 10.3 Å². The van der Waals surface area contributed by atoms with E-state index >= 15 is 0 Å². The van der Waals surface area contributed by atoms with Gasteiger partial charge in [0.25, 0.3) is 5.91 Å². The number of rotatable bonds is 4. The summed E-state index contributed by atoms with van der Waals surface area (Å²) < 4.78 is 19.0. The number of aromatic nitrogens is 1. The van der Waals surface area contributed by atoms with Crippen molar-refractivity contribution in [2.45, 2.75) is 44.2 Å². The molecule has 2 aliphatic rings. The maximum Gasteiger partial charge on any atom is 0.317 e. The predicted octanol–water partition coefficient (Wildman–Crippen LogP) is 3.96. The van der Waals surface area contributed by atoms with Gasteiger partial charge >= 0.3 is 6.03 Å². The lowest BCUT2D eigenvalue weighted by molar-refractivity contribution is 0.0366. The third-order valence-corrected chi connectivity index (χ3v) is 7.69. The first-order chi connectivity index (χ1) is 17.8. The van der Waals surface area contributed by atoms with Gasteiger partial charge in [0.05, 0.1) is 19.8 Å². The first-order valence-electron chi connectivity index (χ1n) is 12.7. The number of piperidine rings is 1. The molecule has 8 nitrogen and oxygen atoms in total. The van der Waals surface area contributed by atoms with E-state index in [4.69, 9.17) is 4.74 Å². The molecule has 0 unspecified atom stereocenters. The van der Waals surface area contributed by atoms with Crippen LogP contribution in [0.1, 0.15) is 54.3 Å². The molecule has 0 saturated carbocycles. The summed E-state index contributed by atoms with van der Waals surface area (Å²) in [6.07, 6.45) is 1.33. The minimum absolute atomic E-state index is 0.0439. The Kier molecular flexibility index (Phi) is 6.58. The summed E-state index contributed by atoms with van der Waals surface area (Å²) in [5, 5.41) is 14.5. The number of hydrogen-bond donors (Lipinski definition) is 3. The van der Waals surface area contributed by atoms with Crippen molar-refractivity contribution in [3.8, 4) is 5.75 Å². The fourth-order valence-electron chi connectivity index (χ4n) is 5.86. The minimum atomic E-state index is -0.584. The molecular formula is C28H33FN4O4. The van der Waals surface area contributed by atoms with Gasteiger partial charge in [0.15, 0.2) is 0 Å². The van der Waals surface area contributed by atoms with Crippen LogP contribution in [0.2, 0.25) is 0 Å². The molecule has 5 rings (SSSR count). The normalized spacial score (nSPS) is 18.8. The van der Waals surface area contributed by atoms with Crippen LogP contribution in [-0.2, 0) is 5.41 Å². The van der Waals surface area contributed by atoms with Crippen molar-refractivity contribution in [2.24, 2.45) is 0 Å². The quantitative estimate of drug-likeness (QED) is 0.497. The molecule has 1 atom stereocenters. The Morgan fingerprint density at radius 1 is 1.19 bits per heavy atom. The lowest BCUT2D eigenvalue weighted by atomic mass is 9.68. The van der Waals surface area contributed by atoms with Crippen molar-refractivity contribution in [1.29, 1.82) is 0 Å². The zero-order valence-corrected chi connectivity index (χ0v) is 21.4. The fraction of sp³-hybridized carbons (Fsp3) is 0.429. The van der Waals surface area contributed by atoms with Crippen LogP contribution in [0.3, 0.4) is 0 Å². The molecule has 1 spiro atoms. The van der Waals surface area contributed by atoms with E-state index in [0.717, 1.165) is 22.2 Å². The zero-order valence-electron chi connectivity index (χ0n) is 21.4. The molecule has 1 saturated heterocycles. The Morgan fingerprint density at radius 2 is 1.89 bits per heavy atom. The molecule has 196 valence electrons. The summed E-state index contributed by atoms with van der Waals surface area (Å²) in [6.45, 7) is 5.09. The van der Waals surface area contributed by atoms with E-state index in [-0.39, 0.29) is 24.6 Å². The highest BCUT2D eigenvalue weighted by Crippen LogP contribution is 2.49. The van der Waals surface area contributed by atoms with Gasteiger partial charge in [0, 0.05) is 59.3 Å². The summed E-state index contributed by atoms with van der Waals surface area (Å²) in [5.41, 5.74) is 2.71. The van der Waals surface area contributed by atoms with E-state index < -0.39 is 17.3 Å². The number of likely N-dealkylation sites (tertiary alicyclic amines) is 1. The molecule has 3 heterocycles. The van der Waals surface area contributed by atoms with E-state index in [0.29, 0.717) is 43.8 Å². The summed E-state index contributed by atoms with van der Waals surface area (Å²) >= 11 is 0. The van der Waals surface area contributed by atoms with Gasteiger partial charge < -0.3 is 29.9 Å². The lowest BCUT2D eigenvalue weighted by Crippen LogP contribution is -2.57. The average molecular weight is 509 g/mol. The first-order valence-corrected chi connectivity index (χ1v) is 12.7. The molecule has 3 N–H and O–H groups in total. The zero-order chi connectivity index (χ0) is 26.3. The van der Waals surface area contributed by atoms with Crippen LogP contribution in [0.15, 0.2) is 42.5 Å². The van der Waals surface area contributed by atoms with Crippen LogP contribution in [0.5, 0.6) is 5.75 Å². The Morgan fingerprint density at radius 3 is 2.51 bits per heavy atom. The van der Waals surface area contributed by atoms with Crippen molar-refractivity contribution in [1.82, 2.24) is 20.1 Å². The maximum atomic E-state index is 13.7. The first kappa shape index (κ1) is 25.1. The Balaban J connectivity index is 1.58. The number of benzene rings is 2. The molecule has 3 amide bonds. The number of hydrogen-bond acceptors (Lipinski definition) is 4. The van der Waals surface area contributed by atoms with Gasteiger partial charge in [0.1, 0.15) is 11.6 Å². The number of carbonyl (C=O) groups is 2. The average Bonchev–Trinajstić information content (AvgIpc) is 3.28. The molecule has 9 heteroatoms. The number of nitrogens with zero attached hydrogens (tertiary/aromatic N) is 2. The van der Waals surface area contributed by atoms with E-state index in [1.165, 1.54) is 24.3 Å². The fourth-order valence-corrected chi connectivity index (χ4v) is 5.86. The number of halogens is 1. The number of aliphatic hydroxyl groups is 1. The van der Waals surface area contributed by atoms with Crippen LogP contribution in [0.4, 0.5) is 9.18 Å². The molecule has 2 aliphatic heterocycles. The monoisotopic (exact) mass is 508 g/mol. The van der Waals surface area contributed by atoms with Crippen molar-refractivity contribution >= 4 is 22.8 Å². The number of ether oxygens (including phenoxy) is 1. The molecule has 1 fully saturated rings. The second-order valence-corrected chi connectivity index (χ2v) is 10.3. The van der Waals surface area contributed by atoms with Crippen LogP contribution >= 0.6 is 0 Å². The largest absolute Gasteiger partial charge is 0.497 e. The second kappa shape index (κ2) is 9.70. The molecule has 3 aromatic rings. The molecule has 2 aromatic carbocycles. The highest BCUT2D eigenvalue weighted by molar-refractivity contribution is 5.96. The molecular weight excluding hydrogens is 475 g/mol. The van der Waals surface area contributed by atoms with Crippen molar-refractivity contribution in [3.63, 3.8) is 0 Å². The lowest BCUT2D eigenvalue weighted by Gasteiger charge is -2.50. The maximum absolute atomic E-state index is 13.7. The third-order valence-electron chi connectivity index (χ3n) is 7.69. The number of aliphatic hydroxyl groups excluding tert-OH is 1. The van der Waals surface area contributed by atoms with Gasteiger partial charge in [-0.2, -0.15) is 0 Å². The summed E-state index contributed by atoms with van der Waals surface area (Å²) in [6, 6.07) is 10.7. The number of nitrogens with one attached hydrogen (secondary N) is 2. The van der Waals surface area contributed by atoms with Crippen LogP contribution in [0.25, 0.3) is 10.9 Å². The number of aromatic amines is 1. The van der Waals surface area contributed by atoms with Gasteiger partial charge in [-0.15, -0.1) is 0 Å². The van der Waals surface area contributed by atoms with Crippen LogP contribution in [0, 0.1) is 5.82 Å². The van der Waals surface area contributed by atoms with Crippen LogP contribution in [-0.4, -0.2) is 71.2 Å². The van der Waals surface area contributed by atoms with Crippen LogP contribution < -0.4 is 10.1 Å². The number of fused-ring (bicyclic) bond motifs is 4. The van der Waals surface area contributed by atoms with E-state index in [1.54, 1.807) is 12.0 Å². The van der Waals surface area contributed by atoms with E-state index in [9.17, 15) is 19.1 Å². The van der Waals surface area contributed by atoms with Gasteiger partial charge in [-0.3, -0.25) is 4.79 Å². The molecule has 0 radical (unpaired) electrons. The number of carbonyl (C=O) groups excluding carboxylic acids is 2. The smallest absolute Gasteiger partial charge is 0.317 e. The standard InChI is InChI=1S/C28H33FN4O4/c1-17(2)30-27(36)32-12-10-28(11-13-32)16-33(26(35)18-4-6-19(29)7-5-18)23(15-34)25-24(28)21-9-8-20(37-3)14-22(21)31-25/h4-9,14,17,23,31,34H,10-13,15-16H2,1-3H3,(H,30,36)/t23-/m0/s1. The van der Waals surface area contributed by atoms with Crippen molar-refractivity contribution < 1.29 is 23.8 Å². The Labute approximate surface area is 215 Å². The number of H-pyrrole nitrogens is 1. The topological polar surface area (TPSA) is 97.9 Å². The van der Waals surface area contributed by atoms with Gasteiger partial charge in [0.2, 0.25) is 0 Å². The van der Waals surface area contributed by atoms with Gasteiger partial charge in [-0.05, 0) is 68.7 Å². The highest BCUT2D eigenvalue weighted by atomic mass is 19.1. The molecule has 1 aromatic heterocycles. The highest BCUT2D eigenvalue weighted by Gasteiger charge is 2.49. The predicted molar refractivity (Wildman–Crippen MR) is 138 cm³/mol. The van der Waals surface area contributed by atoms with E-state index in [1.807, 2.05) is 36.9 Å². The summed E-state index contributed by atoms with van der Waals surface area (Å²) in [4.78, 5) is 33.4. The number of amides is 3. The van der Waals surface area contributed by atoms with Gasteiger partial charge in [-0.25, -0.2) is 9.18 Å². The van der Waals surface area contributed by atoms with Gasteiger partial charge in [-0.1, -0.05) is 0 Å². The Hall–Kier alpha value is -3.59. The summed E-state index contributed by atoms with van der Waals surface area (Å²) in [5.74, 6) is 0.0321. The molecule has 37 heavy (non-hydrogen) atoms.